The average Bonchev–Trinajstić information content (AvgIpc) is 2.52. The molecule has 1 aliphatic rings. The predicted octanol–water partition coefficient (Wildman–Crippen LogP) is 3.01. The Balaban J connectivity index is 2.11. The summed E-state index contributed by atoms with van der Waals surface area (Å²) in [4.78, 5) is 0. The summed E-state index contributed by atoms with van der Waals surface area (Å²) in [6.07, 6.45) is 1.99. The fraction of sp³-hybridized carbons (Fsp3) is 0.294. The first-order chi connectivity index (χ1) is 10.2. The van der Waals surface area contributed by atoms with Gasteiger partial charge in [0.15, 0.2) is 0 Å². The number of halogens is 1. The Morgan fingerprint density at radius 3 is 2.76 bits per heavy atom. The minimum atomic E-state index is -0.419. The Morgan fingerprint density at radius 2 is 1.95 bits per heavy atom. The second-order valence-corrected chi connectivity index (χ2v) is 5.37. The molecule has 0 aliphatic carbocycles. The van der Waals surface area contributed by atoms with Crippen molar-refractivity contribution < 1.29 is 9.13 Å². The number of nitrogens with one attached hydrogen (secondary N) is 1. The van der Waals surface area contributed by atoms with Crippen molar-refractivity contribution in [2.24, 2.45) is 5.84 Å². The van der Waals surface area contributed by atoms with E-state index in [-0.39, 0.29) is 5.82 Å². The van der Waals surface area contributed by atoms with Crippen molar-refractivity contribution in [3.05, 3.63) is 64.5 Å². The molecule has 4 heteroatoms. The Hall–Kier alpha value is -1.91. The van der Waals surface area contributed by atoms with Gasteiger partial charge in [-0.2, -0.15) is 0 Å². The minimum Gasteiger partial charge on any atom is -0.493 e. The van der Waals surface area contributed by atoms with Gasteiger partial charge >= 0.3 is 0 Å². The topological polar surface area (TPSA) is 47.3 Å². The lowest BCUT2D eigenvalue weighted by Gasteiger charge is -2.25. The van der Waals surface area contributed by atoms with E-state index in [2.05, 4.69) is 11.5 Å². The summed E-state index contributed by atoms with van der Waals surface area (Å²) in [7, 11) is 0. The smallest absolute Gasteiger partial charge is 0.131 e. The number of para-hydroxylation sites is 1. The molecule has 3 N–H and O–H groups in total. The van der Waals surface area contributed by atoms with Crippen molar-refractivity contribution in [3.63, 3.8) is 0 Å². The number of aryl methyl sites for hydroxylation is 2. The van der Waals surface area contributed by atoms with Gasteiger partial charge in [-0.05, 0) is 30.9 Å². The second kappa shape index (κ2) is 5.84. The molecule has 1 aliphatic heterocycles. The summed E-state index contributed by atoms with van der Waals surface area (Å²) in [6.45, 7) is 2.45. The molecule has 3 rings (SSSR count). The SMILES string of the molecule is Cc1cccc(C(NN)c2cccc3c2OCCC3)c1F. The highest BCUT2D eigenvalue weighted by molar-refractivity contribution is 5.48. The van der Waals surface area contributed by atoms with Crippen molar-refractivity contribution >= 4 is 0 Å². The first kappa shape index (κ1) is 14.0. The van der Waals surface area contributed by atoms with E-state index in [9.17, 15) is 4.39 Å². The van der Waals surface area contributed by atoms with Gasteiger partial charge in [-0.3, -0.25) is 5.84 Å². The predicted molar refractivity (Wildman–Crippen MR) is 80.6 cm³/mol. The molecule has 0 aromatic heterocycles. The van der Waals surface area contributed by atoms with Gasteiger partial charge in [0, 0.05) is 11.1 Å². The third-order valence-corrected chi connectivity index (χ3v) is 3.97. The fourth-order valence-corrected chi connectivity index (χ4v) is 2.88. The number of hydrogen-bond acceptors (Lipinski definition) is 3. The molecular weight excluding hydrogens is 267 g/mol. The molecule has 0 fully saturated rings. The Morgan fingerprint density at radius 1 is 1.19 bits per heavy atom. The summed E-state index contributed by atoms with van der Waals surface area (Å²) in [6, 6.07) is 10.9. The third-order valence-electron chi connectivity index (χ3n) is 3.97. The van der Waals surface area contributed by atoms with Crippen LogP contribution in [-0.4, -0.2) is 6.61 Å². The lowest BCUT2D eigenvalue weighted by Crippen LogP contribution is -2.30. The van der Waals surface area contributed by atoms with Crippen LogP contribution in [0.2, 0.25) is 0 Å². The molecule has 0 saturated carbocycles. The molecule has 2 aromatic carbocycles. The highest BCUT2D eigenvalue weighted by Gasteiger charge is 2.24. The van der Waals surface area contributed by atoms with Crippen molar-refractivity contribution in [1.29, 1.82) is 0 Å². The number of hydrazine groups is 1. The third kappa shape index (κ3) is 2.52. The minimum absolute atomic E-state index is 0.228. The summed E-state index contributed by atoms with van der Waals surface area (Å²) in [5, 5.41) is 0. The number of rotatable bonds is 3. The van der Waals surface area contributed by atoms with Crippen LogP contribution >= 0.6 is 0 Å². The van der Waals surface area contributed by atoms with E-state index in [4.69, 9.17) is 10.6 Å². The fourth-order valence-electron chi connectivity index (χ4n) is 2.88. The van der Waals surface area contributed by atoms with Crippen LogP contribution in [0.5, 0.6) is 5.75 Å². The van der Waals surface area contributed by atoms with E-state index >= 15 is 0 Å². The summed E-state index contributed by atoms with van der Waals surface area (Å²) in [5.74, 6) is 6.33. The van der Waals surface area contributed by atoms with Gasteiger partial charge in [0.05, 0.1) is 12.6 Å². The molecule has 0 saturated heterocycles. The molecule has 110 valence electrons. The molecule has 0 bridgehead atoms. The van der Waals surface area contributed by atoms with Crippen LogP contribution in [0.4, 0.5) is 4.39 Å². The number of hydrogen-bond donors (Lipinski definition) is 2. The Bertz CT molecular complexity index is 657. The average molecular weight is 286 g/mol. The molecule has 1 unspecified atom stereocenters. The van der Waals surface area contributed by atoms with E-state index in [0.717, 1.165) is 29.7 Å². The number of ether oxygens (including phenoxy) is 1. The zero-order valence-electron chi connectivity index (χ0n) is 12.0. The molecule has 0 spiro atoms. The summed E-state index contributed by atoms with van der Waals surface area (Å²) in [5.41, 5.74) is 5.93. The van der Waals surface area contributed by atoms with Gasteiger partial charge in [-0.15, -0.1) is 0 Å². The Labute approximate surface area is 123 Å². The first-order valence-corrected chi connectivity index (χ1v) is 7.18. The van der Waals surface area contributed by atoms with Crippen LogP contribution in [-0.2, 0) is 6.42 Å². The molecular formula is C17H19FN2O. The number of fused-ring (bicyclic) bond motifs is 1. The zero-order valence-corrected chi connectivity index (χ0v) is 12.0. The monoisotopic (exact) mass is 286 g/mol. The van der Waals surface area contributed by atoms with E-state index in [1.807, 2.05) is 18.2 Å². The molecule has 2 aromatic rings. The van der Waals surface area contributed by atoms with E-state index in [0.29, 0.717) is 17.7 Å². The van der Waals surface area contributed by atoms with Gasteiger partial charge in [0.2, 0.25) is 0 Å². The normalized spacial score (nSPS) is 15.2. The molecule has 1 atom stereocenters. The van der Waals surface area contributed by atoms with Crippen molar-refractivity contribution in [2.45, 2.75) is 25.8 Å². The standard InChI is InChI=1S/C17H19FN2O/c1-11-5-2-8-13(15(11)18)16(20-19)14-9-3-6-12-7-4-10-21-17(12)14/h2-3,5-6,8-9,16,20H,4,7,10,19H2,1H3. The molecule has 1 heterocycles. The lowest BCUT2D eigenvalue weighted by molar-refractivity contribution is 0.283. The van der Waals surface area contributed by atoms with Crippen LogP contribution in [0.25, 0.3) is 0 Å². The second-order valence-electron chi connectivity index (χ2n) is 5.37. The van der Waals surface area contributed by atoms with Crippen molar-refractivity contribution in [3.8, 4) is 5.75 Å². The van der Waals surface area contributed by atoms with Crippen LogP contribution in [0.15, 0.2) is 36.4 Å². The van der Waals surface area contributed by atoms with Gasteiger partial charge in [-0.1, -0.05) is 36.4 Å². The maximum absolute atomic E-state index is 14.4. The maximum Gasteiger partial charge on any atom is 0.131 e. The van der Waals surface area contributed by atoms with Gasteiger partial charge in [0.25, 0.3) is 0 Å². The maximum atomic E-state index is 14.4. The van der Waals surface area contributed by atoms with Crippen molar-refractivity contribution in [1.82, 2.24) is 5.43 Å². The highest BCUT2D eigenvalue weighted by Crippen LogP contribution is 2.36. The molecule has 3 nitrogen and oxygen atoms in total. The van der Waals surface area contributed by atoms with E-state index in [1.165, 1.54) is 0 Å². The number of nitrogens with two attached hydrogens (primary N) is 1. The quantitative estimate of drug-likeness (QED) is 0.673. The van der Waals surface area contributed by atoms with Gasteiger partial charge in [0.1, 0.15) is 11.6 Å². The van der Waals surface area contributed by atoms with E-state index in [1.54, 1.807) is 19.1 Å². The largest absolute Gasteiger partial charge is 0.493 e. The van der Waals surface area contributed by atoms with Crippen LogP contribution in [0.3, 0.4) is 0 Å². The van der Waals surface area contributed by atoms with Crippen molar-refractivity contribution in [2.75, 3.05) is 6.61 Å². The summed E-state index contributed by atoms with van der Waals surface area (Å²) < 4.78 is 20.2. The molecule has 21 heavy (non-hydrogen) atoms. The highest BCUT2D eigenvalue weighted by atomic mass is 19.1. The first-order valence-electron chi connectivity index (χ1n) is 7.18. The van der Waals surface area contributed by atoms with Crippen LogP contribution < -0.4 is 16.0 Å². The van der Waals surface area contributed by atoms with Gasteiger partial charge in [-0.25, -0.2) is 9.82 Å². The summed E-state index contributed by atoms with van der Waals surface area (Å²) >= 11 is 0. The van der Waals surface area contributed by atoms with Crippen LogP contribution in [0, 0.1) is 12.7 Å². The van der Waals surface area contributed by atoms with Crippen LogP contribution in [0.1, 0.15) is 34.7 Å². The van der Waals surface area contributed by atoms with E-state index < -0.39 is 6.04 Å². The lowest BCUT2D eigenvalue weighted by atomic mass is 9.93. The molecule has 0 radical (unpaired) electrons. The van der Waals surface area contributed by atoms with Gasteiger partial charge < -0.3 is 4.74 Å². The Kier molecular flexibility index (Phi) is 3.90. The zero-order chi connectivity index (χ0) is 14.8. The number of benzene rings is 2. The molecule has 0 amide bonds.